The number of halogens is 1. The fourth-order valence-electron chi connectivity index (χ4n) is 7.34. The third-order valence-corrected chi connectivity index (χ3v) is 11.6. The van der Waals surface area contributed by atoms with Gasteiger partial charge in [0.25, 0.3) is 0 Å². The van der Waals surface area contributed by atoms with Gasteiger partial charge >= 0.3 is 6.03 Å². The van der Waals surface area contributed by atoms with Gasteiger partial charge in [0.15, 0.2) is 23.8 Å². The molecule has 0 aromatic rings. The fraction of sp³-hybridized carbons (Fsp3) is 0.889. The molecule has 0 unspecified atom stereocenters. The number of amides is 2. The van der Waals surface area contributed by atoms with Crippen molar-refractivity contribution in [3.63, 3.8) is 0 Å². The summed E-state index contributed by atoms with van der Waals surface area (Å²) in [7, 11) is 0. The molecule has 15 nitrogen and oxygen atoms in total. The van der Waals surface area contributed by atoms with Gasteiger partial charge in [0.1, 0.15) is 0 Å². The maximum Gasteiger partial charge on any atom is 0.319 e. The van der Waals surface area contributed by atoms with E-state index < -0.39 is 0 Å². The van der Waals surface area contributed by atoms with Crippen LogP contribution in [0.4, 0.5) is 4.79 Å². The van der Waals surface area contributed by atoms with E-state index in [4.69, 9.17) is 34.4 Å². The summed E-state index contributed by atoms with van der Waals surface area (Å²) < 4.78 is 0. The molecule has 2 amide bonds. The normalized spacial score (nSPS) is 14.0. The summed E-state index contributed by atoms with van der Waals surface area (Å²) in [5.74, 6) is 3.04. The average molecular weight is 882 g/mol. The van der Waals surface area contributed by atoms with Gasteiger partial charge in [-0.2, -0.15) is 0 Å². The van der Waals surface area contributed by atoms with E-state index >= 15 is 0 Å². The van der Waals surface area contributed by atoms with Gasteiger partial charge in [0, 0.05) is 65.4 Å². The lowest BCUT2D eigenvalue weighted by Crippen LogP contribution is -2.45. The van der Waals surface area contributed by atoms with Crippen LogP contribution in [0.5, 0.6) is 0 Å². The molecule has 0 atom stereocenters. The smallest absolute Gasteiger partial charge is 0.319 e. The van der Waals surface area contributed by atoms with Crippen LogP contribution in [0, 0.1) is 11.8 Å². The maximum atomic E-state index is 14.3. The summed E-state index contributed by atoms with van der Waals surface area (Å²) >= 11 is 0. The number of aliphatic imine (C=N–C) groups is 4. The van der Waals surface area contributed by atoms with E-state index in [-0.39, 0.29) is 30.4 Å². The van der Waals surface area contributed by atoms with Gasteiger partial charge in [-0.15, -0.1) is 12.4 Å². The number of nitrogens with one attached hydrogen (secondary N) is 2. The predicted molar refractivity (Wildman–Crippen MR) is 262 cm³/mol. The lowest BCUT2D eigenvalue weighted by Gasteiger charge is -2.31. The second-order valence-corrected chi connectivity index (χ2v) is 17.5. The minimum absolute atomic E-state index is 0. The molecule has 2 aliphatic carbocycles. The number of nitrogens with zero attached hydrogens (tertiary/aromatic N) is 6. The maximum absolute atomic E-state index is 14.3. The molecule has 0 heterocycles. The zero-order chi connectivity index (χ0) is 43.3. The first kappa shape index (κ1) is 55.7. The molecule has 2 aliphatic rings. The Morgan fingerprint density at radius 1 is 0.410 bits per heavy atom. The van der Waals surface area contributed by atoms with Crippen LogP contribution in [0.2, 0.25) is 0 Å². The Balaban J connectivity index is 0.0000186. The minimum Gasteiger partial charge on any atom is -0.370 e. The molecule has 0 radical (unpaired) electrons. The summed E-state index contributed by atoms with van der Waals surface area (Å²) in [5, 5.41) is 6.54. The summed E-state index contributed by atoms with van der Waals surface area (Å²) in [6, 6.07) is 0.239. The number of urea groups is 1. The van der Waals surface area contributed by atoms with Crippen molar-refractivity contribution < 1.29 is 4.79 Å². The van der Waals surface area contributed by atoms with Crippen LogP contribution in [0.3, 0.4) is 0 Å². The summed E-state index contributed by atoms with van der Waals surface area (Å²) in [6.07, 6.45) is 32.3. The number of guanidine groups is 4. The summed E-state index contributed by atoms with van der Waals surface area (Å²) in [5.41, 5.74) is 33.9. The zero-order valence-corrected chi connectivity index (χ0v) is 39.3. The van der Waals surface area contributed by atoms with Crippen molar-refractivity contribution in [1.82, 2.24) is 20.4 Å². The van der Waals surface area contributed by atoms with Crippen LogP contribution < -0.4 is 45.0 Å². The molecule has 0 spiro atoms. The number of carbonyl (C=O) groups is 1. The molecule has 16 heteroatoms. The highest BCUT2D eigenvalue weighted by atomic mass is 35.5. The highest BCUT2D eigenvalue weighted by molar-refractivity contribution is 5.85. The quantitative estimate of drug-likeness (QED) is 0.0186. The van der Waals surface area contributed by atoms with Gasteiger partial charge in [-0.25, -0.2) is 4.79 Å². The van der Waals surface area contributed by atoms with Gasteiger partial charge in [-0.3, -0.25) is 20.0 Å². The Hall–Kier alpha value is -3.36. The second-order valence-electron chi connectivity index (χ2n) is 17.5. The molecule has 0 saturated heterocycles. The molecule has 2 saturated carbocycles. The van der Waals surface area contributed by atoms with E-state index in [1.807, 2.05) is 0 Å². The van der Waals surface area contributed by atoms with E-state index in [1.165, 1.54) is 89.9 Å². The van der Waals surface area contributed by atoms with E-state index in [0.29, 0.717) is 25.0 Å². The number of rotatable bonds is 40. The fourth-order valence-corrected chi connectivity index (χ4v) is 7.34. The molecular weight excluding hydrogens is 788 g/mol. The van der Waals surface area contributed by atoms with Gasteiger partial charge in [-0.1, -0.05) is 103 Å². The Labute approximate surface area is 377 Å². The van der Waals surface area contributed by atoms with E-state index in [9.17, 15) is 4.79 Å². The Kier molecular flexibility index (Phi) is 35.0. The SMILES string of the molecule is Cl.NC(N)=NCCCCCCCCN(CCCCCCCCNC(N)=NCC1CC1)C(=O)N(CCCCCCCCN=C(N)N)CCCCCCCCNC(N)=NCC1CC1. The molecule has 0 aromatic heterocycles. The van der Waals surface area contributed by atoms with Crippen LogP contribution >= 0.6 is 12.4 Å². The van der Waals surface area contributed by atoms with Crippen molar-refractivity contribution in [3.05, 3.63) is 0 Å². The van der Waals surface area contributed by atoms with Crippen molar-refractivity contribution >= 4 is 42.3 Å². The molecule has 356 valence electrons. The first-order chi connectivity index (χ1) is 29.2. The first-order valence-electron chi connectivity index (χ1n) is 24.5. The van der Waals surface area contributed by atoms with Crippen LogP contribution in [0.25, 0.3) is 0 Å². The van der Waals surface area contributed by atoms with Crippen molar-refractivity contribution in [2.45, 2.75) is 180 Å². The lowest BCUT2D eigenvalue weighted by molar-refractivity contribution is 0.148. The van der Waals surface area contributed by atoms with Crippen LogP contribution in [-0.4, -0.2) is 105 Å². The molecule has 0 bridgehead atoms. The number of hydrogen-bond acceptors (Lipinski definition) is 5. The molecular formula is C45H93ClN14O. The summed E-state index contributed by atoms with van der Waals surface area (Å²) in [4.78, 5) is 35.8. The van der Waals surface area contributed by atoms with E-state index in [1.54, 1.807) is 0 Å². The zero-order valence-electron chi connectivity index (χ0n) is 38.5. The number of hydrogen-bond donors (Lipinski definition) is 8. The van der Waals surface area contributed by atoms with Gasteiger partial charge < -0.3 is 54.8 Å². The van der Waals surface area contributed by atoms with Crippen LogP contribution in [0.1, 0.15) is 180 Å². The molecule has 14 N–H and O–H groups in total. The van der Waals surface area contributed by atoms with E-state index in [0.717, 1.165) is 154 Å². The minimum atomic E-state index is 0. The largest absolute Gasteiger partial charge is 0.370 e. The topological polar surface area (TPSA) is 253 Å². The molecule has 0 aliphatic heterocycles. The molecule has 2 rings (SSSR count). The standard InChI is InChI=1S/C45H92N14O.ClH/c46-41(47)52-29-17-9-1-5-13-21-33-58(35-23-15-7-3-11-19-31-54-43(50)56-37-39-25-26-39)45(60)59(34-22-14-6-2-10-18-30-53-42(48)49)36-24-16-8-4-12-20-32-55-44(51)57-38-40-27-28-40;/h39-40H,1-38H2,(H4,46,47,52)(H4,48,49,53)(H3,50,54,56)(H3,51,55,57);1H. The highest BCUT2D eigenvalue weighted by Crippen LogP contribution is 2.29. The number of carbonyl (C=O) groups excluding carboxylic acids is 1. The van der Waals surface area contributed by atoms with Gasteiger partial charge in [0.2, 0.25) is 0 Å². The Morgan fingerprint density at radius 3 is 0.984 bits per heavy atom. The van der Waals surface area contributed by atoms with Gasteiger partial charge in [-0.05, 0) is 88.9 Å². The monoisotopic (exact) mass is 881 g/mol. The number of unbranched alkanes of at least 4 members (excludes halogenated alkanes) is 20. The average Bonchev–Trinajstić information content (AvgIpc) is 4.17. The lowest BCUT2D eigenvalue weighted by atomic mass is 10.1. The first-order valence-corrected chi connectivity index (χ1v) is 24.5. The van der Waals surface area contributed by atoms with Crippen LogP contribution in [-0.2, 0) is 0 Å². The van der Waals surface area contributed by atoms with Crippen molar-refractivity contribution in [2.24, 2.45) is 66.2 Å². The van der Waals surface area contributed by atoms with E-state index in [2.05, 4.69) is 40.4 Å². The number of nitrogens with two attached hydrogens (primary N) is 6. The highest BCUT2D eigenvalue weighted by Gasteiger charge is 2.22. The third kappa shape index (κ3) is 35.9. The summed E-state index contributed by atoms with van der Waals surface area (Å²) in [6.45, 7) is 8.24. The molecule has 2 fully saturated rings. The van der Waals surface area contributed by atoms with Gasteiger partial charge in [0.05, 0.1) is 0 Å². The Morgan fingerprint density at radius 2 is 0.689 bits per heavy atom. The van der Waals surface area contributed by atoms with Crippen LogP contribution in [0.15, 0.2) is 20.0 Å². The van der Waals surface area contributed by atoms with Crippen molar-refractivity contribution in [2.75, 3.05) is 65.4 Å². The Bertz CT molecular complexity index is 1100. The molecule has 0 aromatic carbocycles. The van der Waals surface area contributed by atoms with Crippen molar-refractivity contribution in [1.29, 1.82) is 0 Å². The van der Waals surface area contributed by atoms with Crippen molar-refractivity contribution in [3.8, 4) is 0 Å². The molecule has 61 heavy (non-hydrogen) atoms. The predicted octanol–water partition coefficient (Wildman–Crippen LogP) is 6.67. The second kappa shape index (κ2) is 38.3. The third-order valence-electron chi connectivity index (χ3n) is 11.6.